The van der Waals surface area contributed by atoms with Crippen LogP contribution in [0.2, 0.25) is 0 Å². The number of fused-ring (bicyclic) bond motifs is 2. The van der Waals surface area contributed by atoms with E-state index in [1.165, 1.54) is 12.3 Å². The highest BCUT2D eigenvalue weighted by molar-refractivity contribution is 5.97. The standard InChI is InChI=1S/C20H15N3O3/c24-17-10-5-11-21-20(17)22-18(25)12-23-15-8-3-1-6-13(15)19(26)14-7-2-4-9-16(14)23/h1-11,24H,12H2,(H,21,22,25). The van der Waals surface area contributed by atoms with Gasteiger partial charge in [-0.15, -0.1) is 0 Å². The zero-order chi connectivity index (χ0) is 18.1. The number of amides is 1. The molecular formula is C20H15N3O3. The van der Waals surface area contributed by atoms with Gasteiger partial charge in [-0.2, -0.15) is 0 Å². The zero-order valence-electron chi connectivity index (χ0n) is 13.7. The third-order valence-electron chi connectivity index (χ3n) is 4.22. The number of aromatic nitrogens is 2. The first-order valence-electron chi connectivity index (χ1n) is 8.09. The van der Waals surface area contributed by atoms with Crippen molar-refractivity contribution in [3.05, 3.63) is 77.1 Å². The Bertz CT molecular complexity index is 1140. The van der Waals surface area contributed by atoms with Crippen molar-refractivity contribution in [2.45, 2.75) is 6.54 Å². The highest BCUT2D eigenvalue weighted by Gasteiger charge is 2.14. The summed E-state index contributed by atoms with van der Waals surface area (Å²) in [6, 6.07) is 17.4. The number of nitrogens with one attached hydrogen (secondary N) is 1. The number of pyridine rings is 2. The number of carbonyl (C=O) groups is 1. The molecule has 26 heavy (non-hydrogen) atoms. The van der Waals surface area contributed by atoms with Gasteiger partial charge in [0.2, 0.25) is 5.91 Å². The maximum Gasteiger partial charge on any atom is 0.245 e. The fourth-order valence-electron chi connectivity index (χ4n) is 3.06. The van der Waals surface area contributed by atoms with Crippen LogP contribution in [-0.2, 0) is 11.3 Å². The molecule has 0 radical (unpaired) electrons. The van der Waals surface area contributed by atoms with Crippen LogP contribution in [0.1, 0.15) is 0 Å². The van der Waals surface area contributed by atoms with Gasteiger partial charge in [0.15, 0.2) is 17.0 Å². The lowest BCUT2D eigenvalue weighted by Crippen LogP contribution is -2.22. The Labute approximate surface area is 148 Å². The summed E-state index contributed by atoms with van der Waals surface area (Å²) in [7, 11) is 0. The monoisotopic (exact) mass is 345 g/mol. The number of aromatic hydroxyl groups is 1. The number of carbonyl (C=O) groups excluding carboxylic acids is 1. The zero-order valence-corrected chi connectivity index (χ0v) is 13.7. The van der Waals surface area contributed by atoms with Crippen molar-refractivity contribution in [3.63, 3.8) is 0 Å². The van der Waals surface area contributed by atoms with E-state index in [2.05, 4.69) is 10.3 Å². The fourth-order valence-corrected chi connectivity index (χ4v) is 3.06. The van der Waals surface area contributed by atoms with Gasteiger partial charge >= 0.3 is 0 Å². The van der Waals surface area contributed by atoms with Crippen LogP contribution in [0, 0.1) is 0 Å². The summed E-state index contributed by atoms with van der Waals surface area (Å²) in [4.78, 5) is 29.2. The Morgan fingerprint density at radius 2 is 1.58 bits per heavy atom. The first kappa shape index (κ1) is 15.8. The molecule has 0 unspecified atom stereocenters. The van der Waals surface area contributed by atoms with E-state index in [0.29, 0.717) is 21.8 Å². The summed E-state index contributed by atoms with van der Waals surface area (Å²) >= 11 is 0. The van der Waals surface area contributed by atoms with Crippen molar-refractivity contribution < 1.29 is 9.90 Å². The van der Waals surface area contributed by atoms with Gasteiger partial charge in [-0.1, -0.05) is 24.3 Å². The first-order valence-corrected chi connectivity index (χ1v) is 8.09. The number of para-hydroxylation sites is 2. The van der Waals surface area contributed by atoms with E-state index >= 15 is 0 Å². The minimum atomic E-state index is -0.349. The molecule has 0 aliphatic carbocycles. The molecule has 6 nitrogen and oxygen atoms in total. The van der Waals surface area contributed by atoms with Gasteiger partial charge < -0.3 is 15.0 Å². The normalized spacial score (nSPS) is 10.9. The number of benzene rings is 2. The topological polar surface area (TPSA) is 84.2 Å². The van der Waals surface area contributed by atoms with Gasteiger partial charge in [0.1, 0.15) is 6.54 Å². The number of hydrogen-bond donors (Lipinski definition) is 2. The van der Waals surface area contributed by atoms with Crippen molar-refractivity contribution >= 4 is 33.5 Å². The van der Waals surface area contributed by atoms with Crippen molar-refractivity contribution in [2.24, 2.45) is 0 Å². The van der Waals surface area contributed by atoms with E-state index in [0.717, 1.165) is 0 Å². The van der Waals surface area contributed by atoms with E-state index in [1.807, 2.05) is 24.3 Å². The average molecular weight is 345 g/mol. The Balaban J connectivity index is 1.82. The Hall–Kier alpha value is -3.67. The summed E-state index contributed by atoms with van der Waals surface area (Å²) in [6.07, 6.45) is 1.49. The minimum Gasteiger partial charge on any atom is -0.504 e. The van der Waals surface area contributed by atoms with Crippen LogP contribution in [-0.4, -0.2) is 20.6 Å². The summed E-state index contributed by atoms with van der Waals surface area (Å²) in [5.41, 5.74) is 1.29. The average Bonchev–Trinajstić information content (AvgIpc) is 2.67. The lowest BCUT2D eigenvalue weighted by Gasteiger charge is -2.15. The summed E-state index contributed by atoms with van der Waals surface area (Å²) in [5, 5.41) is 13.5. The second kappa shape index (κ2) is 6.33. The van der Waals surface area contributed by atoms with Gasteiger partial charge in [-0.25, -0.2) is 4.98 Å². The molecule has 0 atom stereocenters. The lowest BCUT2D eigenvalue weighted by molar-refractivity contribution is -0.116. The summed E-state index contributed by atoms with van der Waals surface area (Å²) < 4.78 is 1.79. The molecule has 0 aliphatic rings. The summed E-state index contributed by atoms with van der Waals surface area (Å²) in [5.74, 6) is -0.347. The predicted molar refractivity (Wildman–Crippen MR) is 100 cm³/mol. The molecule has 4 aromatic rings. The van der Waals surface area contributed by atoms with Crippen LogP contribution < -0.4 is 10.7 Å². The Kier molecular flexibility index (Phi) is 3.85. The van der Waals surface area contributed by atoms with Crippen molar-refractivity contribution in [1.29, 1.82) is 0 Å². The van der Waals surface area contributed by atoms with Crippen molar-refractivity contribution in [3.8, 4) is 5.75 Å². The van der Waals surface area contributed by atoms with E-state index in [-0.39, 0.29) is 29.4 Å². The lowest BCUT2D eigenvalue weighted by atomic mass is 10.1. The molecule has 4 rings (SSSR count). The molecule has 0 bridgehead atoms. The number of nitrogens with zero attached hydrogens (tertiary/aromatic N) is 2. The number of hydrogen-bond acceptors (Lipinski definition) is 4. The van der Waals surface area contributed by atoms with Gasteiger partial charge in [0, 0.05) is 17.0 Å². The maximum atomic E-state index is 12.7. The summed E-state index contributed by atoms with van der Waals surface area (Å²) in [6.45, 7) is -0.0165. The molecule has 6 heteroatoms. The van der Waals surface area contributed by atoms with E-state index in [4.69, 9.17) is 0 Å². The number of rotatable bonds is 3. The molecule has 0 spiro atoms. The Morgan fingerprint density at radius 3 is 2.19 bits per heavy atom. The molecule has 0 aliphatic heterocycles. The van der Waals surface area contributed by atoms with Crippen molar-refractivity contribution in [1.82, 2.24) is 9.55 Å². The molecule has 0 fully saturated rings. The molecule has 2 heterocycles. The van der Waals surface area contributed by atoms with Crippen molar-refractivity contribution in [2.75, 3.05) is 5.32 Å². The molecule has 2 aromatic carbocycles. The van der Waals surface area contributed by atoms with Gasteiger partial charge in [0.05, 0.1) is 11.0 Å². The first-order chi connectivity index (χ1) is 12.6. The quantitative estimate of drug-likeness (QED) is 0.559. The molecule has 0 saturated heterocycles. The van der Waals surface area contributed by atoms with Gasteiger partial charge in [-0.3, -0.25) is 9.59 Å². The van der Waals surface area contributed by atoms with E-state index in [1.54, 1.807) is 34.9 Å². The van der Waals surface area contributed by atoms with Gasteiger partial charge in [-0.05, 0) is 36.4 Å². The minimum absolute atomic E-state index is 0.0165. The third kappa shape index (κ3) is 2.67. The molecule has 1 amide bonds. The van der Waals surface area contributed by atoms with Crippen LogP contribution in [0.3, 0.4) is 0 Å². The van der Waals surface area contributed by atoms with E-state index in [9.17, 15) is 14.7 Å². The van der Waals surface area contributed by atoms with Crippen LogP contribution in [0.15, 0.2) is 71.7 Å². The highest BCUT2D eigenvalue weighted by atomic mass is 16.3. The smallest absolute Gasteiger partial charge is 0.245 e. The van der Waals surface area contributed by atoms with Crippen LogP contribution in [0.4, 0.5) is 5.82 Å². The second-order valence-electron chi connectivity index (χ2n) is 5.87. The van der Waals surface area contributed by atoms with Crippen LogP contribution in [0.25, 0.3) is 21.8 Å². The fraction of sp³-hybridized carbons (Fsp3) is 0.0500. The van der Waals surface area contributed by atoms with E-state index < -0.39 is 0 Å². The molecule has 2 aromatic heterocycles. The van der Waals surface area contributed by atoms with Crippen LogP contribution in [0.5, 0.6) is 5.75 Å². The molecule has 128 valence electrons. The largest absolute Gasteiger partial charge is 0.504 e. The Morgan fingerprint density at radius 1 is 0.962 bits per heavy atom. The molecular weight excluding hydrogens is 330 g/mol. The SMILES string of the molecule is O=C(Cn1c2ccccc2c(=O)c2ccccc21)Nc1ncccc1O. The highest BCUT2D eigenvalue weighted by Crippen LogP contribution is 2.21. The third-order valence-corrected chi connectivity index (χ3v) is 4.22. The predicted octanol–water partition coefficient (Wildman–Crippen LogP) is 2.89. The maximum absolute atomic E-state index is 12.7. The van der Waals surface area contributed by atoms with Crippen LogP contribution >= 0.6 is 0 Å². The molecule has 0 saturated carbocycles. The number of anilines is 1. The van der Waals surface area contributed by atoms with Gasteiger partial charge in [0.25, 0.3) is 0 Å². The second-order valence-corrected chi connectivity index (χ2v) is 5.87. The molecule has 2 N–H and O–H groups in total.